The lowest BCUT2D eigenvalue weighted by Crippen LogP contribution is -2.00. The van der Waals surface area contributed by atoms with Crippen LogP contribution in [0, 0.1) is 5.82 Å². The van der Waals surface area contributed by atoms with Gasteiger partial charge in [-0.1, -0.05) is 48.2 Å². The average Bonchev–Trinajstić information content (AvgIpc) is 3.32. The number of aromatic nitrogens is 2. The molecule has 0 atom stereocenters. The van der Waals surface area contributed by atoms with Crippen molar-refractivity contribution in [1.82, 2.24) is 9.55 Å². The Morgan fingerprint density at radius 1 is 0.722 bits per heavy atom. The normalized spacial score (nSPS) is 10.9. The molecule has 5 aromatic rings. The number of methoxy groups -OCH3 is 2. The van der Waals surface area contributed by atoms with E-state index in [9.17, 15) is 4.39 Å². The largest absolute Gasteiger partial charge is 0.497 e. The summed E-state index contributed by atoms with van der Waals surface area (Å²) in [5, 5.41) is 0.779. The Labute approximate surface area is 214 Å². The van der Waals surface area contributed by atoms with Gasteiger partial charge in [0.2, 0.25) is 0 Å². The molecule has 4 nitrogen and oxygen atoms in total. The Kier molecular flexibility index (Phi) is 7.05. The number of hydrogen-bond donors (Lipinski definition) is 0. The minimum absolute atomic E-state index is 0.214. The fraction of sp³-hybridized carbons (Fsp3) is 0.100. The average molecular weight is 497 g/mol. The number of para-hydroxylation sites is 1. The molecule has 0 N–H and O–H groups in total. The van der Waals surface area contributed by atoms with Crippen molar-refractivity contribution in [3.05, 3.63) is 115 Å². The minimum atomic E-state index is -0.214. The molecule has 0 aliphatic rings. The molecule has 1 heterocycles. The van der Waals surface area contributed by atoms with E-state index in [1.54, 1.807) is 20.3 Å². The van der Waals surface area contributed by atoms with Crippen molar-refractivity contribution in [2.24, 2.45) is 0 Å². The highest BCUT2D eigenvalue weighted by molar-refractivity contribution is 7.98. The second-order valence-corrected chi connectivity index (χ2v) is 9.04. The molecule has 0 unspecified atom stereocenters. The lowest BCUT2D eigenvalue weighted by atomic mass is 10.0. The second kappa shape index (κ2) is 10.7. The standard InChI is InChI=1S/C30H25FN2O2S/c1-34-25-16-12-21(13-17-25)28-29(22-14-18-26(35-2)19-15-22)33(24-9-4-3-5-10-24)30(32-28)36-20-23-8-6-7-11-27(23)31/h3-19H,20H2,1-2H3. The minimum Gasteiger partial charge on any atom is -0.497 e. The van der Waals surface area contributed by atoms with Crippen LogP contribution in [0.4, 0.5) is 4.39 Å². The molecule has 0 saturated heterocycles. The molecule has 1 aromatic heterocycles. The van der Waals surface area contributed by atoms with Gasteiger partial charge in [0.1, 0.15) is 17.3 Å². The molecule has 0 bridgehead atoms. The van der Waals surface area contributed by atoms with Gasteiger partial charge in [-0.3, -0.25) is 4.57 Å². The van der Waals surface area contributed by atoms with E-state index < -0.39 is 0 Å². The molecule has 0 spiro atoms. The van der Waals surface area contributed by atoms with Crippen molar-refractivity contribution >= 4 is 11.8 Å². The van der Waals surface area contributed by atoms with Gasteiger partial charge in [-0.05, 0) is 72.3 Å². The van der Waals surface area contributed by atoms with E-state index in [0.29, 0.717) is 11.3 Å². The molecule has 36 heavy (non-hydrogen) atoms. The molecule has 5 rings (SSSR count). The summed E-state index contributed by atoms with van der Waals surface area (Å²) in [6, 6.07) is 32.8. The second-order valence-electron chi connectivity index (χ2n) is 8.10. The van der Waals surface area contributed by atoms with E-state index >= 15 is 0 Å². The number of rotatable bonds is 8. The Morgan fingerprint density at radius 3 is 1.92 bits per heavy atom. The van der Waals surface area contributed by atoms with Gasteiger partial charge >= 0.3 is 0 Å². The number of imidazole rings is 1. The van der Waals surface area contributed by atoms with Crippen LogP contribution in [0.25, 0.3) is 28.2 Å². The van der Waals surface area contributed by atoms with E-state index in [0.717, 1.165) is 44.9 Å². The van der Waals surface area contributed by atoms with Crippen molar-refractivity contribution in [2.45, 2.75) is 10.9 Å². The Balaban J connectivity index is 1.70. The number of ether oxygens (including phenoxy) is 2. The topological polar surface area (TPSA) is 36.3 Å². The number of halogens is 1. The van der Waals surface area contributed by atoms with Gasteiger partial charge in [0, 0.05) is 22.6 Å². The van der Waals surface area contributed by atoms with Crippen molar-refractivity contribution in [1.29, 1.82) is 0 Å². The van der Waals surface area contributed by atoms with Crippen LogP contribution in [0.1, 0.15) is 5.56 Å². The summed E-state index contributed by atoms with van der Waals surface area (Å²) in [6.45, 7) is 0. The summed E-state index contributed by atoms with van der Waals surface area (Å²) < 4.78 is 27.3. The van der Waals surface area contributed by atoms with E-state index in [1.807, 2.05) is 78.9 Å². The Bertz CT molecular complexity index is 1450. The molecule has 4 aromatic carbocycles. The molecule has 6 heteroatoms. The lowest BCUT2D eigenvalue weighted by molar-refractivity contribution is 0.414. The zero-order chi connectivity index (χ0) is 24.9. The van der Waals surface area contributed by atoms with Crippen LogP contribution in [0.3, 0.4) is 0 Å². The van der Waals surface area contributed by atoms with Crippen molar-refractivity contribution in [2.75, 3.05) is 14.2 Å². The van der Waals surface area contributed by atoms with Gasteiger partial charge in [-0.15, -0.1) is 0 Å². The van der Waals surface area contributed by atoms with Crippen LogP contribution in [-0.2, 0) is 5.75 Å². The maximum absolute atomic E-state index is 14.4. The van der Waals surface area contributed by atoms with Gasteiger partial charge in [0.15, 0.2) is 5.16 Å². The molecule has 180 valence electrons. The quantitative estimate of drug-likeness (QED) is 0.207. The summed E-state index contributed by atoms with van der Waals surface area (Å²) in [4.78, 5) is 5.11. The van der Waals surface area contributed by atoms with Crippen molar-refractivity contribution < 1.29 is 13.9 Å². The van der Waals surface area contributed by atoms with Crippen LogP contribution in [0.2, 0.25) is 0 Å². The van der Waals surface area contributed by atoms with E-state index in [4.69, 9.17) is 14.5 Å². The highest BCUT2D eigenvalue weighted by Gasteiger charge is 2.22. The first-order chi connectivity index (χ1) is 17.7. The summed E-state index contributed by atoms with van der Waals surface area (Å²) in [5.74, 6) is 1.81. The summed E-state index contributed by atoms with van der Waals surface area (Å²) in [7, 11) is 3.31. The predicted octanol–water partition coefficient (Wildman–Crippen LogP) is 7.65. The van der Waals surface area contributed by atoms with Gasteiger partial charge in [-0.25, -0.2) is 9.37 Å². The fourth-order valence-corrected chi connectivity index (χ4v) is 5.04. The van der Waals surface area contributed by atoms with Crippen LogP contribution in [0.15, 0.2) is 108 Å². The number of benzene rings is 4. The molecule has 0 aliphatic carbocycles. The number of nitrogens with zero attached hydrogens (tertiary/aromatic N) is 2. The first-order valence-electron chi connectivity index (χ1n) is 11.5. The maximum atomic E-state index is 14.4. The predicted molar refractivity (Wildman–Crippen MR) is 144 cm³/mol. The van der Waals surface area contributed by atoms with Crippen molar-refractivity contribution in [3.8, 4) is 39.7 Å². The monoisotopic (exact) mass is 496 g/mol. The lowest BCUT2D eigenvalue weighted by Gasteiger charge is -2.14. The Morgan fingerprint density at radius 2 is 1.31 bits per heavy atom. The van der Waals surface area contributed by atoms with Crippen LogP contribution < -0.4 is 9.47 Å². The molecular weight excluding hydrogens is 471 g/mol. The molecule has 0 aliphatic heterocycles. The molecule has 0 fully saturated rings. The fourth-order valence-electron chi connectivity index (χ4n) is 4.04. The summed E-state index contributed by atoms with van der Waals surface area (Å²) in [6.07, 6.45) is 0. The molecule has 0 saturated carbocycles. The molecule has 0 amide bonds. The maximum Gasteiger partial charge on any atom is 0.174 e. The molecule has 0 radical (unpaired) electrons. The number of thioether (sulfide) groups is 1. The summed E-state index contributed by atoms with van der Waals surface area (Å²) >= 11 is 1.51. The first kappa shape index (κ1) is 23.7. The zero-order valence-electron chi connectivity index (χ0n) is 20.0. The van der Waals surface area contributed by atoms with Crippen LogP contribution >= 0.6 is 11.8 Å². The van der Waals surface area contributed by atoms with Gasteiger partial charge in [0.25, 0.3) is 0 Å². The third-order valence-corrected chi connectivity index (χ3v) is 6.89. The first-order valence-corrected chi connectivity index (χ1v) is 12.5. The third kappa shape index (κ3) is 4.86. The van der Waals surface area contributed by atoms with Crippen LogP contribution in [0.5, 0.6) is 11.5 Å². The van der Waals surface area contributed by atoms with E-state index in [2.05, 4.69) is 16.7 Å². The third-order valence-electron chi connectivity index (χ3n) is 5.90. The van der Waals surface area contributed by atoms with Gasteiger partial charge < -0.3 is 9.47 Å². The van der Waals surface area contributed by atoms with Gasteiger partial charge in [0.05, 0.1) is 25.6 Å². The van der Waals surface area contributed by atoms with Crippen molar-refractivity contribution in [3.63, 3.8) is 0 Å². The van der Waals surface area contributed by atoms with E-state index in [1.165, 1.54) is 17.8 Å². The molecular formula is C30H25FN2O2S. The highest BCUT2D eigenvalue weighted by Crippen LogP contribution is 2.40. The van der Waals surface area contributed by atoms with Crippen LogP contribution in [-0.4, -0.2) is 23.8 Å². The van der Waals surface area contributed by atoms with Gasteiger partial charge in [-0.2, -0.15) is 0 Å². The summed E-state index contributed by atoms with van der Waals surface area (Å²) in [5.41, 5.74) is 5.36. The SMILES string of the molecule is COc1ccc(-c2nc(SCc3ccccc3F)n(-c3ccccc3)c2-c2ccc(OC)cc2)cc1. The van der Waals surface area contributed by atoms with E-state index in [-0.39, 0.29) is 5.82 Å². The smallest absolute Gasteiger partial charge is 0.174 e. The Hall–Kier alpha value is -4.03. The highest BCUT2D eigenvalue weighted by atomic mass is 32.2. The number of hydrogen-bond acceptors (Lipinski definition) is 4. The zero-order valence-corrected chi connectivity index (χ0v) is 20.8.